The highest BCUT2D eigenvalue weighted by atomic mass is 15.1. The SMILES string of the molecule is CCC(C)(C)NCCCN(C)C/C=C\CNC(C)(C)CCCNC(C)(C)C. The molecule has 0 spiro atoms. The van der Waals surface area contributed by atoms with Crippen molar-refractivity contribution in [2.75, 3.05) is 39.8 Å². The fourth-order valence-corrected chi connectivity index (χ4v) is 2.75. The average Bonchev–Trinajstić information content (AvgIpc) is 2.54. The molecular weight excluding hydrogens is 332 g/mol. The van der Waals surface area contributed by atoms with Crippen molar-refractivity contribution < 1.29 is 0 Å². The van der Waals surface area contributed by atoms with E-state index in [1.807, 2.05) is 0 Å². The van der Waals surface area contributed by atoms with Crippen molar-refractivity contribution in [1.82, 2.24) is 20.9 Å². The van der Waals surface area contributed by atoms with Gasteiger partial charge in [0.05, 0.1) is 0 Å². The molecule has 4 heteroatoms. The summed E-state index contributed by atoms with van der Waals surface area (Å²) in [6, 6.07) is 0. The zero-order chi connectivity index (χ0) is 21.0. The summed E-state index contributed by atoms with van der Waals surface area (Å²) in [7, 11) is 2.20. The number of nitrogens with zero attached hydrogens (tertiary/aromatic N) is 1. The second-order valence-electron chi connectivity index (χ2n) is 10.3. The van der Waals surface area contributed by atoms with Gasteiger partial charge in [0.2, 0.25) is 0 Å². The summed E-state index contributed by atoms with van der Waals surface area (Å²) >= 11 is 0. The van der Waals surface area contributed by atoms with Crippen LogP contribution in [0.1, 0.15) is 81.1 Å². The Labute approximate surface area is 170 Å². The molecule has 0 heterocycles. The Morgan fingerprint density at radius 3 is 2.00 bits per heavy atom. The van der Waals surface area contributed by atoms with Crippen LogP contribution in [0.15, 0.2) is 12.2 Å². The van der Waals surface area contributed by atoms with Gasteiger partial charge in [-0.25, -0.2) is 0 Å². The van der Waals surface area contributed by atoms with Gasteiger partial charge in [-0.3, -0.25) is 0 Å². The molecule has 0 aromatic carbocycles. The van der Waals surface area contributed by atoms with Crippen LogP contribution in [0.4, 0.5) is 0 Å². The first-order valence-electron chi connectivity index (χ1n) is 11.0. The number of hydrogen-bond donors (Lipinski definition) is 3. The molecule has 4 nitrogen and oxygen atoms in total. The van der Waals surface area contributed by atoms with E-state index < -0.39 is 0 Å². The van der Waals surface area contributed by atoms with E-state index in [1.165, 1.54) is 25.7 Å². The first-order valence-corrected chi connectivity index (χ1v) is 11.0. The first-order chi connectivity index (χ1) is 12.4. The minimum absolute atomic E-state index is 0.188. The maximum atomic E-state index is 3.66. The lowest BCUT2D eigenvalue weighted by atomic mass is 9.98. The Morgan fingerprint density at radius 1 is 0.778 bits per heavy atom. The van der Waals surface area contributed by atoms with Gasteiger partial charge >= 0.3 is 0 Å². The Balaban J connectivity index is 3.79. The Bertz CT molecular complexity index is 394. The molecule has 162 valence electrons. The van der Waals surface area contributed by atoms with Crippen molar-refractivity contribution in [3.63, 3.8) is 0 Å². The molecule has 0 aliphatic rings. The number of nitrogens with one attached hydrogen (secondary N) is 3. The molecule has 0 aromatic heterocycles. The molecule has 0 saturated heterocycles. The first kappa shape index (κ1) is 26.6. The quantitative estimate of drug-likeness (QED) is 0.293. The normalized spacial score (nSPS) is 13.9. The maximum Gasteiger partial charge on any atom is 0.0160 e. The van der Waals surface area contributed by atoms with Crippen LogP contribution in [0.3, 0.4) is 0 Å². The van der Waals surface area contributed by atoms with E-state index in [9.17, 15) is 0 Å². The predicted molar refractivity (Wildman–Crippen MR) is 123 cm³/mol. The third kappa shape index (κ3) is 17.4. The molecule has 0 fully saturated rings. The van der Waals surface area contributed by atoms with Crippen molar-refractivity contribution in [2.45, 2.75) is 97.7 Å². The van der Waals surface area contributed by atoms with Crippen LogP contribution >= 0.6 is 0 Å². The standard InChI is InChI=1S/C23H50N4/c1-10-22(5,6)25-18-14-20-27(9)19-12-11-16-26-23(7,8)15-13-17-24-21(2,3)4/h11-12,24-26H,10,13-20H2,1-9H3/b12-11-. The molecule has 0 rings (SSSR count). The highest BCUT2D eigenvalue weighted by Crippen LogP contribution is 2.11. The van der Waals surface area contributed by atoms with Crippen LogP contribution in [-0.4, -0.2) is 61.3 Å². The topological polar surface area (TPSA) is 39.3 Å². The average molecular weight is 383 g/mol. The van der Waals surface area contributed by atoms with Crippen molar-refractivity contribution >= 4 is 0 Å². The summed E-state index contributed by atoms with van der Waals surface area (Å²) in [6.07, 6.45) is 9.30. The van der Waals surface area contributed by atoms with Crippen molar-refractivity contribution in [2.24, 2.45) is 0 Å². The lowest BCUT2D eigenvalue weighted by molar-refractivity contribution is 0.329. The molecule has 0 aliphatic heterocycles. The molecule has 0 aromatic rings. The van der Waals surface area contributed by atoms with Crippen molar-refractivity contribution in [3.05, 3.63) is 12.2 Å². The minimum atomic E-state index is 0.188. The zero-order valence-corrected chi connectivity index (χ0v) is 20.0. The van der Waals surface area contributed by atoms with E-state index in [1.54, 1.807) is 0 Å². The fraction of sp³-hybridized carbons (Fsp3) is 0.913. The largest absolute Gasteiger partial charge is 0.312 e. The molecule has 0 aliphatic carbocycles. The van der Waals surface area contributed by atoms with Gasteiger partial charge in [0.15, 0.2) is 0 Å². The van der Waals surface area contributed by atoms with Crippen LogP contribution < -0.4 is 16.0 Å². The van der Waals surface area contributed by atoms with Gasteiger partial charge in [0.1, 0.15) is 0 Å². The van der Waals surface area contributed by atoms with E-state index in [4.69, 9.17) is 0 Å². The summed E-state index contributed by atoms with van der Waals surface area (Å²) in [6.45, 7) is 23.3. The van der Waals surface area contributed by atoms with Gasteiger partial charge in [-0.1, -0.05) is 19.1 Å². The molecule has 0 bridgehead atoms. The summed E-state index contributed by atoms with van der Waals surface area (Å²) in [4.78, 5) is 2.39. The second-order valence-corrected chi connectivity index (χ2v) is 10.3. The van der Waals surface area contributed by atoms with Crippen molar-refractivity contribution in [3.8, 4) is 0 Å². The van der Waals surface area contributed by atoms with Gasteiger partial charge in [-0.05, 0) is 101 Å². The van der Waals surface area contributed by atoms with Crippen LogP contribution in [0.25, 0.3) is 0 Å². The summed E-state index contributed by atoms with van der Waals surface area (Å²) < 4.78 is 0. The lowest BCUT2D eigenvalue weighted by Crippen LogP contribution is -2.41. The van der Waals surface area contributed by atoms with Crippen LogP contribution in [-0.2, 0) is 0 Å². The van der Waals surface area contributed by atoms with Gasteiger partial charge < -0.3 is 20.9 Å². The monoisotopic (exact) mass is 382 g/mol. The molecule has 3 N–H and O–H groups in total. The Morgan fingerprint density at radius 2 is 1.41 bits per heavy atom. The van der Waals surface area contributed by atoms with Crippen LogP contribution in [0, 0.1) is 0 Å². The highest BCUT2D eigenvalue weighted by Gasteiger charge is 2.16. The van der Waals surface area contributed by atoms with E-state index >= 15 is 0 Å². The van der Waals surface area contributed by atoms with Crippen molar-refractivity contribution in [1.29, 1.82) is 0 Å². The molecule has 0 saturated carbocycles. The van der Waals surface area contributed by atoms with E-state index in [-0.39, 0.29) is 16.6 Å². The molecule has 0 unspecified atom stereocenters. The van der Waals surface area contributed by atoms with Gasteiger partial charge in [0, 0.05) is 29.7 Å². The summed E-state index contributed by atoms with van der Waals surface area (Å²) in [5.74, 6) is 0. The molecule has 0 atom stereocenters. The molecule has 0 radical (unpaired) electrons. The molecule has 27 heavy (non-hydrogen) atoms. The van der Waals surface area contributed by atoms with E-state index in [0.29, 0.717) is 0 Å². The van der Waals surface area contributed by atoms with E-state index in [2.05, 4.69) is 95.4 Å². The summed E-state index contributed by atoms with van der Waals surface area (Å²) in [5.41, 5.74) is 0.669. The third-order valence-corrected chi connectivity index (χ3v) is 5.12. The maximum absolute atomic E-state index is 3.66. The van der Waals surface area contributed by atoms with Crippen LogP contribution in [0.2, 0.25) is 0 Å². The van der Waals surface area contributed by atoms with E-state index in [0.717, 1.165) is 32.7 Å². The minimum Gasteiger partial charge on any atom is -0.312 e. The van der Waals surface area contributed by atoms with Gasteiger partial charge in [-0.2, -0.15) is 0 Å². The van der Waals surface area contributed by atoms with Gasteiger partial charge in [0.25, 0.3) is 0 Å². The predicted octanol–water partition coefficient (Wildman–Crippen LogP) is 4.18. The number of rotatable bonds is 15. The fourth-order valence-electron chi connectivity index (χ4n) is 2.75. The smallest absolute Gasteiger partial charge is 0.0160 e. The Kier molecular flexibility index (Phi) is 12.7. The number of hydrogen-bond acceptors (Lipinski definition) is 4. The molecular formula is C23H50N4. The lowest BCUT2D eigenvalue weighted by Gasteiger charge is -2.27. The van der Waals surface area contributed by atoms with Gasteiger partial charge in [-0.15, -0.1) is 0 Å². The third-order valence-electron chi connectivity index (χ3n) is 5.12. The Hall–Kier alpha value is -0.420. The highest BCUT2D eigenvalue weighted by molar-refractivity contribution is 4.90. The van der Waals surface area contributed by atoms with Crippen LogP contribution in [0.5, 0.6) is 0 Å². The zero-order valence-electron chi connectivity index (χ0n) is 20.0. The second kappa shape index (κ2) is 12.9. The number of likely N-dealkylation sites (N-methyl/N-ethyl adjacent to an activating group) is 1. The molecule has 0 amide bonds. The summed E-state index contributed by atoms with van der Waals surface area (Å²) in [5, 5.41) is 10.9.